The Morgan fingerprint density at radius 3 is 2.63 bits per heavy atom. The van der Waals surface area contributed by atoms with Crippen LogP contribution in [0, 0.1) is 0 Å². The van der Waals surface area contributed by atoms with Crippen molar-refractivity contribution in [3.05, 3.63) is 41.3 Å². The molecular formula is C19H24N6O2. The molecule has 2 aliphatic heterocycles. The standard InChI is InChI=1S/C19H24N6O2/c1-13(2)25-12-15-16(18(25)26)22-19(24-7-9-27-10-8-24)23-17(15)21-11-14-3-5-20-6-4-14/h3-6,13H,7-12H2,1-2H3,(H,21,22,23). The third-order valence-electron chi connectivity index (χ3n) is 4.91. The zero-order valence-corrected chi connectivity index (χ0v) is 15.7. The van der Waals surface area contributed by atoms with Crippen LogP contribution in [-0.2, 0) is 17.8 Å². The van der Waals surface area contributed by atoms with Gasteiger partial charge in [0.15, 0.2) is 0 Å². The highest BCUT2D eigenvalue weighted by Crippen LogP contribution is 2.30. The first kappa shape index (κ1) is 17.7. The van der Waals surface area contributed by atoms with Gasteiger partial charge >= 0.3 is 0 Å². The number of rotatable bonds is 5. The average molecular weight is 368 g/mol. The van der Waals surface area contributed by atoms with E-state index in [1.165, 1.54) is 0 Å². The fourth-order valence-corrected chi connectivity index (χ4v) is 3.33. The molecule has 0 spiro atoms. The van der Waals surface area contributed by atoms with E-state index in [4.69, 9.17) is 9.72 Å². The van der Waals surface area contributed by atoms with Crippen LogP contribution in [0.1, 0.15) is 35.5 Å². The number of ether oxygens (including phenoxy) is 1. The molecule has 1 fully saturated rings. The van der Waals surface area contributed by atoms with Crippen LogP contribution < -0.4 is 10.2 Å². The zero-order valence-electron chi connectivity index (χ0n) is 15.7. The van der Waals surface area contributed by atoms with Crippen molar-refractivity contribution in [1.29, 1.82) is 0 Å². The molecule has 0 radical (unpaired) electrons. The summed E-state index contributed by atoms with van der Waals surface area (Å²) in [5.41, 5.74) is 2.49. The molecule has 2 aliphatic rings. The maximum atomic E-state index is 12.9. The number of nitrogens with zero attached hydrogens (tertiary/aromatic N) is 5. The lowest BCUT2D eigenvalue weighted by Crippen LogP contribution is -2.37. The molecule has 0 saturated carbocycles. The number of carbonyl (C=O) groups excluding carboxylic acids is 1. The summed E-state index contributed by atoms with van der Waals surface area (Å²) in [5, 5.41) is 3.41. The number of morpholine rings is 1. The summed E-state index contributed by atoms with van der Waals surface area (Å²) >= 11 is 0. The Balaban J connectivity index is 1.67. The largest absolute Gasteiger partial charge is 0.378 e. The molecule has 2 aromatic heterocycles. The molecule has 2 aromatic rings. The Morgan fingerprint density at radius 1 is 1.19 bits per heavy atom. The maximum absolute atomic E-state index is 12.9. The summed E-state index contributed by atoms with van der Waals surface area (Å²) in [7, 11) is 0. The van der Waals surface area contributed by atoms with Crippen LogP contribution in [0.3, 0.4) is 0 Å². The van der Waals surface area contributed by atoms with E-state index in [0.29, 0.717) is 37.9 Å². The Kier molecular flexibility index (Phi) is 4.89. The summed E-state index contributed by atoms with van der Waals surface area (Å²) in [6.45, 7) is 7.93. The second-order valence-corrected chi connectivity index (χ2v) is 7.03. The van der Waals surface area contributed by atoms with E-state index in [1.807, 2.05) is 30.9 Å². The van der Waals surface area contributed by atoms with Gasteiger partial charge in [-0.25, -0.2) is 4.98 Å². The molecule has 27 heavy (non-hydrogen) atoms. The number of carbonyl (C=O) groups is 1. The molecule has 0 aliphatic carbocycles. The van der Waals surface area contributed by atoms with Crippen LogP contribution in [0.5, 0.6) is 0 Å². The van der Waals surface area contributed by atoms with E-state index in [2.05, 4.69) is 20.2 Å². The van der Waals surface area contributed by atoms with E-state index in [1.54, 1.807) is 12.4 Å². The molecule has 1 saturated heterocycles. The molecule has 8 heteroatoms. The smallest absolute Gasteiger partial charge is 0.273 e. The highest BCUT2D eigenvalue weighted by molar-refractivity contribution is 5.98. The highest BCUT2D eigenvalue weighted by atomic mass is 16.5. The second kappa shape index (κ2) is 7.48. The van der Waals surface area contributed by atoms with Gasteiger partial charge in [0, 0.05) is 43.6 Å². The van der Waals surface area contributed by atoms with Gasteiger partial charge in [0.1, 0.15) is 11.5 Å². The molecule has 142 valence electrons. The second-order valence-electron chi connectivity index (χ2n) is 7.03. The maximum Gasteiger partial charge on any atom is 0.273 e. The zero-order chi connectivity index (χ0) is 18.8. The number of hydrogen-bond acceptors (Lipinski definition) is 7. The van der Waals surface area contributed by atoms with Gasteiger partial charge < -0.3 is 19.9 Å². The SMILES string of the molecule is CC(C)N1Cc2c(NCc3ccncc3)nc(N3CCOCC3)nc2C1=O. The van der Waals surface area contributed by atoms with E-state index in [0.717, 1.165) is 30.0 Å². The predicted octanol–water partition coefficient (Wildman–Crippen LogP) is 1.68. The van der Waals surface area contributed by atoms with Gasteiger partial charge in [-0.05, 0) is 31.5 Å². The Labute approximate surface area is 158 Å². The summed E-state index contributed by atoms with van der Waals surface area (Å²) in [5.74, 6) is 1.30. The van der Waals surface area contributed by atoms with Crippen molar-refractivity contribution in [1.82, 2.24) is 19.9 Å². The van der Waals surface area contributed by atoms with Crippen molar-refractivity contribution in [2.24, 2.45) is 0 Å². The van der Waals surface area contributed by atoms with Crippen molar-refractivity contribution in [3.8, 4) is 0 Å². The number of nitrogens with one attached hydrogen (secondary N) is 1. The molecule has 4 heterocycles. The Bertz CT molecular complexity index is 820. The van der Waals surface area contributed by atoms with Gasteiger partial charge in [-0.15, -0.1) is 0 Å². The monoisotopic (exact) mass is 368 g/mol. The number of pyridine rings is 1. The minimum absolute atomic E-state index is 0.0242. The van der Waals surface area contributed by atoms with Gasteiger partial charge in [0.2, 0.25) is 5.95 Å². The summed E-state index contributed by atoms with van der Waals surface area (Å²) in [4.78, 5) is 30.2. The molecule has 8 nitrogen and oxygen atoms in total. The fourth-order valence-electron chi connectivity index (χ4n) is 3.33. The van der Waals surface area contributed by atoms with Crippen molar-refractivity contribution < 1.29 is 9.53 Å². The Hall–Kier alpha value is -2.74. The summed E-state index contributed by atoms with van der Waals surface area (Å²) < 4.78 is 5.43. The fraction of sp³-hybridized carbons (Fsp3) is 0.474. The van der Waals surface area contributed by atoms with Crippen LogP contribution in [0.4, 0.5) is 11.8 Å². The van der Waals surface area contributed by atoms with Crippen LogP contribution in [0.2, 0.25) is 0 Å². The van der Waals surface area contributed by atoms with Crippen LogP contribution in [0.25, 0.3) is 0 Å². The normalized spacial score (nSPS) is 16.8. The first-order chi connectivity index (χ1) is 13.1. The van der Waals surface area contributed by atoms with Gasteiger partial charge in [0.05, 0.1) is 19.8 Å². The topological polar surface area (TPSA) is 83.5 Å². The van der Waals surface area contributed by atoms with Gasteiger partial charge in [-0.2, -0.15) is 4.98 Å². The molecular weight excluding hydrogens is 344 g/mol. The number of anilines is 2. The third kappa shape index (κ3) is 3.57. The van der Waals surface area contributed by atoms with E-state index >= 15 is 0 Å². The Morgan fingerprint density at radius 2 is 1.93 bits per heavy atom. The lowest BCUT2D eigenvalue weighted by atomic mass is 10.2. The first-order valence-corrected chi connectivity index (χ1v) is 9.31. The van der Waals surface area contributed by atoms with Crippen molar-refractivity contribution in [2.75, 3.05) is 36.5 Å². The van der Waals surface area contributed by atoms with Gasteiger partial charge in [-0.1, -0.05) is 0 Å². The van der Waals surface area contributed by atoms with E-state index in [9.17, 15) is 4.79 Å². The molecule has 0 bridgehead atoms. The molecule has 4 rings (SSSR count). The predicted molar refractivity (Wildman–Crippen MR) is 102 cm³/mol. The van der Waals surface area contributed by atoms with Crippen molar-refractivity contribution >= 4 is 17.7 Å². The van der Waals surface area contributed by atoms with Gasteiger partial charge in [0.25, 0.3) is 5.91 Å². The van der Waals surface area contributed by atoms with Crippen molar-refractivity contribution in [3.63, 3.8) is 0 Å². The first-order valence-electron chi connectivity index (χ1n) is 9.31. The molecule has 1 amide bonds. The molecule has 1 N–H and O–H groups in total. The lowest BCUT2D eigenvalue weighted by Gasteiger charge is -2.27. The average Bonchev–Trinajstić information content (AvgIpc) is 3.05. The number of amides is 1. The third-order valence-corrected chi connectivity index (χ3v) is 4.91. The highest BCUT2D eigenvalue weighted by Gasteiger charge is 2.34. The quantitative estimate of drug-likeness (QED) is 0.860. The van der Waals surface area contributed by atoms with Crippen LogP contribution in [-0.4, -0.2) is 58.1 Å². The van der Waals surface area contributed by atoms with Crippen molar-refractivity contribution in [2.45, 2.75) is 33.0 Å². The van der Waals surface area contributed by atoms with E-state index < -0.39 is 0 Å². The van der Waals surface area contributed by atoms with E-state index in [-0.39, 0.29) is 11.9 Å². The lowest BCUT2D eigenvalue weighted by molar-refractivity contribution is 0.0726. The van der Waals surface area contributed by atoms with Crippen LogP contribution in [0.15, 0.2) is 24.5 Å². The minimum atomic E-state index is -0.0242. The number of hydrogen-bond donors (Lipinski definition) is 1. The number of aromatic nitrogens is 3. The summed E-state index contributed by atoms with van der Waals surface area (Å²) in [6.07, 6.45) is 3.54. The molecule has 0 atom stereocenters. The number of fused-ring (bicyclic) bond motifs is 1. The minimum Gasteiger partial charge on any atom is -0.378 e. The summed E-state index contributed by atoms with van der Waals surface area (Å²) in [6, 6.07) is 4.04. The molecule has 0 unspecified atom stereocenters. The van der Waals surface area contributed by atoms with Gasteiger partial charge in [-0.3, -0.25) is 9.78 Å². The van der Waals surface area contributed by atoms with Crippen LogP contribution >= 0.6 is 0 Å². The molecule has 0 aromatic carbocycles.